The second-order valence-corrected chi connectivity index (χ2v) is 6.55. The van der Waals surface area contributed by atoms with Crippen molar-refractivity contribution in [3.05, 3.63) is 21.3 Å². The molecule has 0 bridgehead atoms. The number of rotatable bonds is 2. The summed E-state index contributed by atoms with van der Waals surface area (Å²) in [5, 5.41) is 3.26. The number of nitrogens with zero attached hydrogens (tertiary/aromatic N) is 2. The van der Waals surface area contributed by atoms with Crippen LogP contribution in [0.2, 0.25) is 4.34 Å². The molecule has 1 atom stereocenters. The summed E-state index contributed by atoms with van der Waals surface area (Å²) < 4.78 is 0.701. The topological polar surface area (TPSA) is 52.7 Å². The average molecular weight is 300 g/mol. The van der Waals surface area contributed by atoms with E-state index in [4.69, 9.17) is 11.6 Å². The maximum Gasteiger partial charge on any atom is 0.312 e. The van der Waals surface area contributed by atoms with E-state index in [-0.39, 0.29) is 11.9 Å². The van der Waals surface area contributed by atoms with Crippen molar-refractivity contribution in [3.63, 3.8) is 0 Å². The van der Waals surface area contributed by atoms with E-state index in [0.717, 1.165) is 18.0 Å². The Kier molecular flexibility index (Phi) is 3.47. The Bertz CT molecular complexity index is 519. The molecule has 3 rings (SSSR count). The Hall–Kier alpha value is -1.11. The maximum atomic E-state index is 12.1. The van der Waals surface area contributed by atoms with Gasteiger partial charge in [0.15, 0.2) is 0 Å². The third-order valence-electron chi connectivity index (χ3n) is 3.49. The lowest BCUT2D eigenvalue weighted by atomic mass is 10.1. The molecule has 1 unspecified atom stereocenters. The van der Waals surface area contributed by atoms with Crippen LogP contribution in [0, 0.1) is 0 Å². The van der Waals surface area contributed by atoms with Gasteiger partial charge in [-0.2, -0.15) is 0 Å². The maximum absolute atomic E-state index is 12.1. The molecule has 0 radical (unpaired) electrons. The van der Waals surface area contributed by atoms with Crippen molar-refractivity contribution >= 4 is 34.8 Å². The number of amides is 2. The minimum atomic E-state index is -0.400. The molecule has 0 aliphatic carbocycles. The summed E-state index contributed by atoms with van der Waals surface area (Å²) in [6.07, 6.45) is 0. The third kappa shape index (κ3) is 2.48. The van der Waals surface area contributed by atoms with Crippen molar-refractivity contribution in [1.29, 1.82) is 0 Å². The number of thiophene rings is 1. The van der Waals surface area contributed by atoms with Crippen molar-refractivity contribution in [2.45, 2.75) is 12.6 Å². The molecule has 19 heavy (non-hydrogen) atoms. The first-order valence-corrected chi connectivity index (χ1v) is 7.39. The Balaban J connectivity index is 1.75. The van der Waals surface area contributed by atoms with E-state index < -0.39 is 5.91 Å². The minimum Gasteiger partial charge on any atom is -0.327 e. The van der Waals surface area contributed by atoms with Crippen LogP contribution in [-0.4, -0.2) is 53.8 Å². The van der Waals surface area contributed by atoms with Crippen LogP contribution in [0.15, 0.2) is 12.1 Å². The van der Waals surface area contributed by atoms with Crippen LogP contribution >= 0.6 is 22.9 Å². The van der Waals surface area contributed by atoms with Gasteiger partial charge in [-0.1, -0.05) is 11.6 Å². The van der Waals surface area contributed by atoms with Crippen molar-refractivity contribution in [2.75, 3.05) is 26.2 Å². The van der Waals surface area contributed by atoms with Crippen LogP contribution in [0.5, 0.6) is 0 Å². The van der Waals surface area contributed by atoms with Gasteiger partial charge >= 0.3 is 11.8 Å². The van der Waals surface area contributed by atoms with Gasteiger partial charge in [0.05, 0.1) is 16.9 Å². The predicted octanol–water partition coefficient (Wildman–Crippen LogP) is 0.544. The second-order valence-electron chi connectivity index (χ2n) is 4.75. The van der Waals surface area contributed by atoms with E-state index in [2.05, 4.69) is 5.32 Å². The zero-order chi connectivity index (χ0) is 13.4. The van der Waals surface area contributed by atoms with Crippen LogP contribution in [0.3, 0.4) is 0 Å². The minimum absolute atomic E-state index is 0.0920. The van der Waals surface area contributed by atoms with Crippen molar-refractivity contribution < 1.29 is 9.59 Å². The zero-order valence-corrected chi connectivity index (χ0v) is 11.8. The monoisotopic (exact) mass is 299 g/mol. The molecule has 0 aromatic carbocycles. The summed E-state index contributed by atoms with van der Waals surface area (Å²) in [5.74, 6) is -0.775. The third-order valence-corrected chi connectivity index (χ3v) is 4.70. The average Bonchev–Trinajstić information content (AvgIpc) is 2.81. The van der Waals surface area contributed by atoms with Gasteiger partial charge in [-0.3, -0.25) is 9.59 Å². The van der Waals surface area contributed by atoms with Crippen LogP contribution in [-0.2, 0) is 16.1 Å². The molecule has 1 aromatic rings. The van der Waals surface area contributed by atoms with Gasteiger partial charge < -0.3 is 15.1 Å². The lowest BCUT2D eigenvalue weighted by Gasteiger charge is -2.43. The number of piperazine rings is 2. The number of halogens is 1. The van der Waals surface area contributed by atoms with Gasteiger partial charge in [0.25, 0.3) is 0 Å². The molecule has 0 spiro atoms. The van der Waals surface area contributed by atoms with E-state index in [9.17, 15) is 9.59 Å². The van der Waals surface area contributed by atoms with E-state index in [1.807, 2.05) is 12.1 Å². The molecule has 2 amide bonds. The summed E-state index contributed by atoms with van der Waals surface area (Å²) >= 11 is 7.33. The summed E-state index contributed by atoms with van der Waals surface area (Å²) in [5.41, 5.74) is 0. The fourth-order valence-electron chi connectivity index (χ4n) is 2.55. The van der Waals surface area contributed by atoms with Crippen molar-refractivity contribution in [3.8, 4) is 0 Å². The molecule has 2 aliphatic heterocycles. The number of nitrogens with one attached hydrogen (secondary N) is 1. The number of carbonyl (C=O) groups excluding carboxylic acids is 2. The SMILES string of the molecule is O=C1C(=O)N2CCNCC2CN1Cc1ccc(Cl)s1. The molecule has 1 aromatic heterocycles. The highest BCUT2D eigenvalue weighted by Crippen LogP contribution is 2.24. The molecule has 1 N–H and O–H groups in total. The summed E-state index contributed by atoms with van der Waals surface area (Å²) in [4.78, 5) is 28.4. The molecule has 5 nitrogen and oxygen atoms in total. The van der Waals surface area contributed by atoms with Crippen molar-refractivity contribution in [2.24, 2.45) is 0 Å². The van der Waals surface area contributed by atoms with Crippen LogP contribution in [0.25, 0.3) is 0 Å². The lowest BCUT2D eigenvalue weighted by molar-refractivity contribution is -0.160. The fraction of sp³-hybridized carbons (Fsp3) is 0.500. The number of hydrogen-bond acceptors (Lipinski definition) is 4. The molecular weight excluding hydrogens is 286 g/mol. The number of hydrogen-bond donors (Lipinski definition) is 1. The summed E-state index contributed by atoms with van der Waals surface area (Å²) in [6.45, 7) is 3.18. The highest BCUT2D eigenvalue weighted by Gasteiger charge is 2.39. The lowest BCUT2D eigenvalue weighted by Crippen LogP contribution is -2.65. The van der Waals surface area contributed by atoms with Gasteiger partial charge in [0.2, 0.25) is 0 Å². The Labute approximate surface area is 120 Å². The molecule has 2 fully saturated rings. The molecule has 3 heterocycles. The van der Waals surface area contributed by atoms with E-state index in [0.29, 0.717) is 24.0 Å². The first-order valence-electron chi connectivity index (χ1n) is 6.20. The predicted molar refractivity (Wildman–Crippen MR) is 73.1 cm³/mol. The fourth-order valence-corrected chi connectivity index (χ4v) is 3.65. The molecular formula is C12H14ClN3O2S. The van der Waals surface area contributed by atoms with Gasteiger partial charge in [-0.05, 0) is 12.1 Å². The van der Waals surface area contributed by atoms with Gasteiger partial charge in [-0.15, -0.1) is 11.3 Å². The quantitative estimate of drug-likeness (QED) is 0.811. The van der Waals surface area contributed by atoms with E-state index in [1.54, 1.807) is 9.80 Å². The Morgan fingerprint density at radius 3 is 2.95 bits per heavy atom. The Morgan fingerprint density at radius 1 is 1.37 bits per heavy atom. The molecule has 102 valence electrons. The zero-order valence-electron chi connectivity index (χ0n) is 10.3. The number of fused-ring (bicyclic) bond motifs is 1. The van der Waals surface area contributed by atoms with E-state index in [1.165, 1.54) is 11.3 Å². The molecule has 7 heteroatoms. The van der Waals surface area contributed by atoms with Gasteiger partial charge in [0.1, 0.15) is 0 Å². The van der Waals surface area contributed by atoms with Gasteiger partial charge in [0, 0.05) is 31.1 Å². The molecule has 2 aliphatic rings. The highest BCUT2D eigenvalue weighted by molar-refractivity contribution is 7.16. The molecule has 0 saturated carbocycles. The first kappa shape index (κ1) is 12.9. The van der Waals surface area contributed by atoms with Crippen LogP contribution in [0.4, 0.5) is 0 Å². The molecule has 2 saturated heterocycles. The van der Waals surface area contributed by atoms with Gasteiger partial charge in [-0.25, -0.2) is 0 Å². The largest absolute Gasteiger partial charge is 0.327 e. The summed E-state index contributed by atoms with van der Waals surface area (Å²) in [6, 6.07) is 3.80. The van der Waals surface area contributed by atoms with Crippen LogP contribution in [0.1, 0.15) is 4.88 Å². The standard InChI is InChI=1S/C12H14ClN3O2S/c13-10-2-1-9(19-10)7-15-6-8-5-14-3-4-16(8)12(18)11(15)17/h1-2,8,14H,3-7H2. The first-order chi connectivity index (χ1) is 9.15. The summed E-state index contributed by atoms with van der Waals surface area (Å²) in [7, 11) is 0. The normalized spacial score (nSPS) is 23.7. The van der Waals surface area contributed by atoms with E-state index >= 15 is 0 Å². The van der Waals surface area contributed by atoms with Crippen molar-refractivity contribution in [1.82, 2.24) is 15.1 Å². The number of carbonyl (C=O) groups is 2. The highest BCUT2D eigenvalue weighted by atomic mass is 35.5. The smallest absolute Gasteiger partial charge is 0.312 e. The second kappa shape index (κ2) is 5.11. The Morgan fingerprint density at radius 2 is 2.21 bits per heavy atom. The van der Waals surface area contributed by atoms with Crippen LogP contribution < -0.4 is 5.32 Å².